The lowest BCUT2D eigenvalue weighted by molar-refractivity contribution is 0.102. The van der Waals surface area contributed by atoms with E-state index in [1.165, 1.54) is 0 Å². The number of carbonyl (C=O) groups is 1. The Morgan fingerprint density at radius 1 is 1.28 bits per heavy atom. The Morgan fingerprint density at radius 2 is 2.06 bits per heavy atom. The minimum absolute atomic E-state index is 0.157. The third-order valence-corrected chi connectivity index (χ3v) is 2.69. The van der Waals surface area contributed by atoms with Gasteiger partial charge in [0.1, 0.15) is 0 Å². The minimum Gasteiger partial charge on any atom is -0.392 e. The first-order valence-electron chi connectivity index (χ1n) is 5.64. The minimum atomic E-state index is -0.240. The maximum Gasteiger partial charge on any atom is 0.256 e. The molecule has 18 heavy (non-hydrogen) atoms. The van der Waals surface area contributed by atoms with Gasteiger partial charge >= 0.3 is 0 Å². The van der Waals surface area contributed by atoms with Crippen molar-refractivity contribution in [2.24, 2.45) is 0 Å². The number of pyridine rings is 1. The second kappa shape index (κ2) is 5.42. The molecule has 1 amide bonds. The number of aromatic nitrogens is 1. The lowest BCUT2D eigenvalue weighted by atomic mass is 10.1. The van der Waals surface area contributed by atoms with Gasteiger partial charge < -0.3 is 10.4 Å². The van der Waals surface area contributed by atoms with E-state index in [9.17, 15) is 9.90 Å². The molecular formula is C14H14N2O2. The van der Waals surface area contributed by atoms with E-state index in [1.54, 1.807) is 42.6 Å². The van der Waals surface area contributed by atoms with Crippen LogP contribution in [-0.4, -0.2) is 16.0 Å². The summed E-state index contributed by atoms with van der Waals surface area (Å²) in [6.45, 7) is 1.67. The molecular weight excluding hydrogens is 228 g/mol. The molecule has 1 aromatic heterocycles. The fourth-order valence-corrected chi connectivity index (χ4v) is 1.69. The number of aliphatic hydroxyl groups is 1. The lowest BCUT2D eigenvalue weighted by Crippen LogP contribution is -2.15. The predicted octanol–water partition coefficient (Wildman–Crippen LogP) is 2.13. The molecule has 0 unspecified atom stereocenters. The summed E-state index contributed by atoms with van der Waals surface area (Å²) in [5, 5.41) is 12.0. The second-order valence-electron chi connectivity index (χ2n) is 3.91. The van der Waals surface area contributed by atoms with Gasteiger partial charge in [0.15, 0.2) is 0 Å². The molecule has 4 nitrogen and oxygen atoms in total. The van der Waals surface area contributed by atoms with Crippen LogP contribution in [0.4, 0.5) is 5.69 Å². The van der Waals surface area contributed by atoms with E-state index >= 15 is 0 Å². The zero-order valence-corrected chi connectivity index (χ0v) is 10.1. The summed E-state index contributed by atoms with van der Waals surface area (Å²) in [7, 11) is 0. The molecule has 0 saturated heterocycles. The number of aliphatic hydroxyl groups excluding tert-OH is 1. The van der Waals surface area contributed by atoms with Crippen LogP contribution in [0.1, 0.15) is 21.6 Å². The maximum absolute atomic E-state index is 12.1. The molecule has 0 bridgehead atoms. The number of carbonyl (C=O) groups excluding carboxylic acids is 1. The predicted molar refractivity (Wildman–Crippen MR) is 69.3 cm³/mol. The van der Waals surface area contributed by atoms with Crippen LogP contribution in [0.25, 0.3) is 0 Å². The van der Waals surface area contributed by atoms with E-state index in [-0.39, 0.29) is 12.5 Å². The van der Waals surface area contributed by atoms with Gasteiger partial charge in [0.25, 0.3) is 5.91 Å². The van der Waals surface area contributed by atoms with Gasteiger partial charge in [-0.3, -0.25) is 9.78 Å². The Kier molecular flexibility index (Phi) is 3.69. The van der Waals surface area contributed by atoms with E-state index in [4.69, 9.17) is 0 Å². The van der Waals surface area contributed by atoms with Gasteiger partial charge in [0.05, 0.1) is 18.0 Å². The third kappa shape index (κ3) is 2.55. The molecule has 4 heteroatoms. The number of nitrogens with zero attached hydrogens (tertiary/aromatic N) is 1. The molecule has 0 saturated carbocycles. The van der Waals surface area contributed by atoms with Crippen molar-refractivity contribution in [3.05, 3.63) is 59.4 Å². The molecule has 2 N–H and O–H groups in total. The molecule has 0 spiro atoms. The molecule has 0 atom stereocenters. The van der Waals surface area contributed by atoms with Crippen molar-refractivity contribution in [1.82, 2.24) is 4.98 Å². The normalized spacial score (nSPS) is 10.1. The number of nitrogens with one attached hydrogen (secondary N) is 1. The van der Waals surface area contributed by atoms with Crippen molar-refractivity contribution in [3.8, 4) is 0 Å². The standard InChI is InChI=1S/C14H14N2O2/c1-10-13(7-4-8-15-10)16-14(18)12-6-3-2-5-11(12)9-17/h2-8,17H,9H2,1H3,(H,16,18). The first-order valence-corrected chi connectivity index (χ1v) is 5.64. The third-order valence-electron chi connectivity index (χ3n) is 2.69. The molecule has 0 radical (unpaired) electrons. The van der Waals surface area contributed by atoms with Crippen molar-refractivity contribution >= 4 is 11.6 Å². The highest BCUT2D eigenvalue weighted by atomic mass is 16.3. The highest BCUT2D eigenvalue weighted by molar-refractivity contribution is 6.05. The summed E-state index contributed by atoms with van der Waals surface area (Å²) in [5.74, 6) is -0.240. The van der Waals surface area contributed by atoms with Gasteiger partial charge in [-0.15, -0.1) is 0 Å². The van der Waals surface area contributed by atoms with Crippen molar-refractivity contribution < 1.29 is 9.90 Å². The van der Waals surface area contributed by atoms with E-state index in [0.717, 1.165) is 5.69 Å². The highest BCUT2D eigenvalue weighted by Crippen LogP contribution is 2.14. The molecule has 0 aliphatic carbocycles. The number of hydrogen-bond acceptors (Lipinski definition) is 3. The molecule has 0 aliphatic rings. The lowest BCUT2D eigenvalue weighted by Gasteiger charge is -2.09. The largest absolute Gasteiger partial charge is 0.392 e. The molecule has 2 rings (SSSR count). The molecule has 2 aromatic rings. The molecule has 0 aliphatic heterocycles. The van der Waals surface area contributed by atoms with Crippen LogP contribution in [0.2, 0.25) is 0 Å². The first-order chi connectivity index (χ1) is 8.72. The number of anilines is 1. The van der Waals surface area contributed by atoms with Crippen LogP contribution in [0, 0.1) is 6.92 Å². The fraction of sp³-hybridized carbons (Fsp3) is 0.143. The number of aryl methyl sites for hydroxylation is 1. The Labute approximate surface area is 105 Å². The SMILES string of the molecule is Cc1ncccc1NC(=O)c1ccccc1CO. The molecule has 92 valence electrons. The first kappa shape index (κ1) is 12.3. The fourth-order valence-electron chi connectivity index (χ4n) is 1.69. The van der Waals surface area contributed by atoms with Crippen LogP contribution in [0.3, 0.4) is 0 Å². The number of hydrogen-bond donors (Lipinski definition) is 2. The average Bonchev–Trinajstić information content (AvgIpc) is 2.41. The van der Waals surface area contributed by atoms with E-state index < -0.39 is 0 Å². The van der Waals surface area contributed by atoms with Crippen LogP contribution in [0.15, 0.2) is 42.6 Å². The monoisotopic (exact) mass is 242 g/mol. The van der Waals surface area contributed by atoms with E-state index in [0.29, 0.717) is 16.8 Å². The summed E-state index contributed by atoms with van der Waals surface area (Å²) in [6.07, 6.45) is 1.67. The average molecular weight is 242 g/mol. The van der Waals surface area contributed by atoms with E-state index in [1.807, 2.05) is 6.92 Å². The summed E-state index contributed by atoms with van der Waals surface area (Å²) in [5.41, 5.74) is 2.52. The summed E-state index contributed by atoms with van der Waals surface area (Å²) < 4.78 is 0. The number of rotatable bonds is 3. The Bertz CT molecular complexity index is 567. The molecule has 1 heterocycles. The van der Waals surface area contributed by atoms with Crippen molar-refractivity contribution in [2.45, 2.75) is 13.5 Å². The molecule has 1 aromatic carbocycles. The topological polar surface area (TPSA) is 62.2 Å². The van der Waals surface area contributed by atoms with E-state index in [2.05, 4.69) is 10.3 Å². The summed E-state index contributed by atoms with van der Waals surface area (Å²) in [4.78, 5) is 16.2. The quantitative estimate of drug-likeness (QED) is 0.866. The Hall–Kier alpha value is -2.20. The van der Waals surface area contributed by atoms with Gasteiger partial charge in [0.2, 0.25) is 0 Å². The van der Waals surface area contributed by atoms with Gasteiger partial charge in [-0.2, -0.15) is 0 Å². The maximum atomic E-state index is 12.1. The van der Waals surface area contributed by atoms with Crippen molar-refractivity contribution in [1.29, 1.82) is 0 Å². The second-order valence-corrected chi connectivity index (χ2v) is 3.91. The van der Waals surface area contributed by atoms with Gasteiger partial charge in [0, 0.05) is 11.8 Å². The Balaban J connectivity index is 2.25. The van der Waals surface area contributed by atoms with Gasteiger partial charge in [-0.25, -0.2) is 0 Å². The van der Waals surface area contributed by atoms with Gasteiger partial charge in [-0.05, 0) is 30.7 Å². The summed E-state index contributed by atoms with van der Waals surface area (Å²) >= 11 is 0. The zero-order chi connectivity index (χ0) is 13.0. The smallest absolute Gasteiger partial charge is 0.256 e. The highest BCUT2D eigenvalue weighted by Gasteiger charge is 2.11. The number of benzene rings is 1. The van der Waals surface area contributed by atoms with Crippen molar-refractivity contribution in [3.63, 3.8) is 0 Å². The Morgan fingerprint density at radius 3 is 2.78 bits per heavy atom. The number of amides is 1. The zero-order valence-electron chi connectivity index (χ0n) is 10.1. The van der Waals surface area contributed by atoms with Crippen molar-refractivity contribution in [2.75, 3.05) is 5.32 Å². The van der Waals surface area contributed by atoms with Crippen LogP contribution in [0.5, 0.6) is 0 Å². The summed E-state index contributed by atoms with van der Waals surface area (Å²) in [6, 6.07) is 10.5. The van der Waals surface area contributed by atoms with Crippen LogP contribution < -0.4 is 5.32 Å². The van der Waals surface area contributed by atoms with Crippen LogP contribution >= 0.6 is 0 Å². The van der Waals surface area contributed by atoms with Crippen LogP contribution in [-0.2, 0) is 6.61 Å². The van der Waals surface area contributed by atoms with Gasteiger partial charge in [-0.1, -0.05) is 18.2 Å². The molecule has 0 fully saturated rings.